The third kappa shape index (κ3) is 14.0. The zero-order valence-electron chi connectivity index (χ0n) is 30.9. The molecule has 0 saturated carbocycles. The van der Waals surface area contributed by atoms with Gasteiger partial charge in [0.25, 0.3) is 0 Å². The highest BCUT2D eigenvalue weighted by atomic mass is 32.2. The molecule has 0 aromatic heterocycles. The van der Waals surface area contributed by atoms with Crippen molar-refractivity contribution in [3.63, 3.8) is 0 Å². The number of alkyl halides is 2. The van der Waals surface area contributed by atoms with E-state index in [0.717, 1.165) is 13.0 Å². The van der Waals surface area contributed by atoms with Crippen molar-refractivity contribution in [1.29, 1.82) is 0 Å². The van der Waals surface area contributed by atoms with Gasteiger partial charge in [0.1, 0.15) is 15.8 Å². The van der Waals surface area contributed by atoms with Crippen LogP contribution in [-0.4, -0.2) is 28.0 Å². The Kier molecular flexibility index (Phi) is 16.6. The predicted octanol–water partition coefficient (Wildman–Crippen LogP) is 9.86. The van der Waals surface area contributed by atoms with Crippen LogP contribution in [0.4, 0.5) is 8.78 Å². The van der Waals surface area contributed by atoms with Gasteiger partial charge in [0.2, 0.25) is 0 Å². The van der Waals surface area contributed by atoms with E-state index in [9.17, 15) is 30.7 Å². The number of allylic oxidation sites excluding steroid dienone is 1. The van der Waals surface area contributed by atoms with Gasteiger partial charge in [0.05, 0.1) is 21.8 Å². The van der Waals surface area contributed by atoms with Crippen LogP contribution in [0.25, 0.3) is 5.14 Å². The van der Waals surface area contributed by atoms with E-state index in [1.807, 2.05) is 0 Å². The smallest absolute Gasteiger partial charge is 0.427 e. The lowest BCUT2D eigenvalue weighted by atomic mass is 10.4. The molecule has 6 aromatic rings. The average Bonchev–Trinajstić information content (AvgIpc) is 3.20. The molecule has 0 aliphatic carbocycles. The number of nitrogens with zero attached hydrogens (tertiary/aromatic N) is 1. The lowest BCUT2D eigenvalue weighted by Crippen LogP contribution is -2.23. The molecule has 0 fully saturated rings. The lowest BCUT2D eigenvalue weighted by Gasteiger charge is -2.15. The van der Waals surface area contributed by atoms with E-state index in [-0.39, 0.29) is 27.5 Å². The van der Waals surface area contributed by atoms with Gasteiger partial charge in [0, 0.05) is 12.3 Å². The van der Waals surface area contributed by atoms with E-state index < -0.39 is 37.9 Å². The van der Waals surface area contributed by atoms with Crippen LogP contribution >= 0.6 is 0 Å². The summed E-state index contributed by atoms with van der Waals surface area (Å²) in [7, 11) is -8.94. The fourth-order valence-corrected chi connectivity index (χ4v) is 10.1. The van der Waals surface area contributed by atoms with Crippen molar-refractivity contribution in [3.8, 4) is 0 Å². The van der Waals surface area contributed by atoms with Crippen molar-refractivity contribution < 1.29 is 34.9 Å². The fraction of sp³-hybridized carbons (Fsp3) is 0.0930. The molecule has 6 aromatic carbocycles. The van der Waals surface area contributed by atoms with Gasteiger partial charge in [-0.3, -0.25) is 0 Å². The molecule has 1 N–H and O–H groups in total. The molecule has 0 saturated heterocycles. The summed E-state index contributed by atoms with van der Waals surface area (Å²) in [6.07, 6.45) is 0.153. The first kappa shape index (κ1) is 44.5. The molecule has 0 radical (unpaired) electrons. The largest absolute Gasteiger partial charge is 0.858 e. The van der Waals surface area contributed by atoms with Gasteiger partial charge >= 0.3 is 15.6 Å². The van der Waals surface area contributed by atoms with Gasteiger partial charge in [-0.25, -0.2) is 8.42 Å². The maximum atomic E-state index is 11.9. The average molecular weight is 847 g/mol. The number of benzene rings is 6. The molecule has 57 heavy (non-hydrogen) atoms. The normalized spacial score (nSPS) is 13.2. The summed E-state index contributed by atoms with van der Waals surface area (Å²) in [5.41, 5.74) is 0. The van der Waals surface area contributed by atoms with E-state index in [4.69, 9.17) is 5.14 Å². The van der Waals surface area contributed by atoms with E-state index in [1.165, 1.54) is 36.3 Å². The molecule has 0 bridgehead atoms. The van der Waals surface area contributed by atoms with Crippen molar-refractivity contribution in [3.05, 3.63) is 199 Å². The summed E-state index contributed by atoms with van der Waals surface area (Å²) in [5, 5.41) is 12.5. The maximum Gasteiger partial charge on any atom is 0.427 e. The molecule has 0 atom stereocenters. The topological polar surface area (TPSA) is 137 Å². The Morgan fingerprint density at radius 3 is 1.00 bits per heavy atom. The number of sulfonamides is 1. The van der Waals surface area contributed by atoms with Gasteiger partial charge in [-0.1, -0.05) is 116 Å². The Hall–Kier alpha value is -5.25. The molecule has 8 nitrogen and oxygen atoms in total. The second kappa shape index (κ2) is 21.3. The molecule has 1 aliphatic heterocycles. The first-order valence-electron chi connectivity index (χ1n) is 17.3. The highest BCUT2D eigenvalue weighted by Gasteiger charge is 2.34. The Balaban J connectivity index is 0.000000178. The maximum absolute atomic E-state index is 11.9. The van der Waals surface area contributed by atoms with Gasteiger partial charge in [-0.15, -0.1) is 4.40 Å². The number of rotatable bonds is 8. The zero-order chi connectivity index (χ0) is 41.3. The standard InChI is InChI=1S/2C18H15S.C4H5NO4S.C3H6F2NO2S/c2*1-4-10-16(11-5-1)19(17-12-6-2-7-13-17)18-14-8-3-9-15-18;1-3-2-4(6)5-10(7,8)9-3;1-2-3(4,5)9(6,7)8/h2*1-15H;2H,1H3,(H,5,6);2H2,1H3,(H-,6,7,8)/q2*+1;;-1/p-1. The minimum atomic E-state index is -4.94. The minimum Gasteiger partial charge on any atom is -0.858 e. The van der Waals surface area contributed by atoms with E-state index in [1.54, 1.807) is 0 Å². The van der Waals surface area contributed by atoms with Crippen LogP contribution in [0, 0.1) is 0 Å². The Morgan fingerprint density at radius 1 is 0.596 bits per heavy atom. The van der Waals surface area contributed by atoms with Crippen LogP contribution in [0.2, 0.25) is 0 Å². The molecule has 0 spiro atoms. The summed E-state index contributed by atoms with van der Waals surface area (Å²) in [4.78, 5) is 8.17. The first-order chi connectivity index (χ1) is 27.2. The fourth-order valence-electron chi connectivity index (χ4n) is 4.87. The summed E-state index contributed by atoms with van der Waals surface area (Å²) < 4.78 is 71.1. The third-order valence-corrected chi connectivity index (χ3v) is 13.9. The van der Waals surface area contributed by atoms with Crippen LogP contribution in [-0.2, 0) is 46.3 Å². The number of nitrogens with one attached hydrogen (secondary N) is 1. The van der Waals surface area contributed by atoms with E-state index in [0.29, 0.717) is 0 Å². The quantitative estimate of drug-likeness (QED) is 0.140. The number of halogens is 2. The lowest BCUT2D eigenvalue weighted by molar-refractivity contribution is -0.211. The van der Waals surface area contributed by atoms with Crippen LogP contribution in [0.3, 0.4) is 0 Å². The Bertz CT molecular complexity index is 2090. The molecule has 1 heterocycles. The van der Waals surface area contributed by atoms with E-state index in [2.05, 4.69) is 191 Å². The van der Waals surface area contributed by atoms with Gasteiger partial charge in [0.15, 0.2) is 29.4 Å². The molecule has 1 aliphatic rings. The van der Waals surface area contributed by atoms with Crippen LogP contribution in [0.15, 0.2) is 228 Å². The van der Waals surface area contributed by atoms with Crippen molar-refractivity contribution in [2.24, 2.45) is 4.40 Å². The van der Waals surface area contributed by atoms with Crippen molar-refractivity contribution >= 4 is 48.0 Å². The highest BCUT2D eigenvalue weighted by molar-refractivity contribution is 7.97. The van der Waals surface area contributed by atoms with Crippen molar-refractivity contribution in [2.75, 3.05) is 0 Å². The Labute approximate surface area is 339 Å². The van der Waals surface area contributed by atoms with Crippen LogP contribution in [0.1, 0.15) is 20.3 Å². The molecule has 296 valence electrons. The van der Waals surface area contributed by atoms with E-state index >= 15 is 0 Å². The van der Waals surface area contributed by atoms with Crippen molar-refractivity contribution in [2.45, 2.75) is 54.9 Å². The second-order valence-corrected chi connectivity index (χ2v) is 18.5. The monoisotopic (exact) mass is 846 g/mol. The summed E-state index contributed by atoms with van der Waals surface area (Å²) in [6, 6.07) is 64.3. The zero-order valence-corrected chi connectivity index (χ0v) is 34.2. The van der Waals surface area contributed by atoms with Crippen LogP contribution in [0.5, 0.6) is 0 Å². The second-order valence-electron chi connectivity index (χ2n) is 11.7. The summed E-state index contributed by atoms with van der Waals surface area (Å²) in [6.45, 7) is 2.37. The minimum absolute atomic E-state index is 0.0146. The molecule has 0 amide bonds. The molecular weight excluding hydrogens is 807 g/mol. The van der Waals surface area contributed by atoms with Crippen molar-refractivity contribution in [1.82, 2.24) is 0 Å². The summed E-state index contributed by atoms with van der Waals surface area (Å²) >= 11 is 0. The first-order valence-corrected chi connectivity index (χ1v) is 22.6. The predicted molar refractivity (Wildman–Crippen MR) is 223 cm³/mol. The number of hydrogen-bond donors (Lipinski definition) is 0. The van der Waals surface area contributed by atoms with Gasteiger partial charge in [-0.2, -0.15) is 17.2 Å². The molecule has 14 heteroatoms. The van der Waals surface area contributed by atoms with Gasteiger partial charge < -0.3 is 14.4 Å². The number of hydrogen-bond acceptors (Lipinski definition) is 6. The van der Waals surface area contributed by atoms with Crippen LogP contribution < -0.4 is 5.11 Å². The molecular formula is C43H40F2N2O6S4. The molecule has 0 unspecified atom stereocenters. The third-order valence-electron chi connectivity index (χ3n) is 7.44. The highest BCUT2D eigenvalue weighted by Crippen LogP contribution is 2.32. The summed E-state index contributed by atoms with van der Waals surface area (Å²) in [5.74, 6) is -0.760. The Morgan fingerprint density at radius 2 is 0.842 bits per heavy atom. The van der Waals surface area contributed by atoms with Gasteiger partial charge in [-0.05, 0) is 85.8 Å². The molecule has 7 rings (SSSR count). The SMILES string of the molecule is CC1=CC([O-])=NS(=O)(=O)O1.CCC(F)(F)S([NH-])(=O)=O.c1ccc([S+](c2ccccc2)c2ccccc2)cc1.c1ccc([S+](c2ccccc2)c2ccccc2)cc1.